The molecule has 0 aliphatic carbocycles. The fourth-order valence-corrected chi connectivity index (χ4v) is 5.46. The summed E-state index contributed by atoms with van der Waals surface area (Å²) in [7, 11) is 2.22. The van der Waals surface area contributed by atoms with Crippen molar-refractivity contribution in [3.8, 4) is 5.75 Å². The molecule has 0 atom stereocenters. The summed E-state index contributed by atoms with van der Waals surface area (Å²) in [4.78, 5) is 5.02. The number of aryl methyl sites for hydroxylation is 1. The van der Waals surface area contributed by atoms with Gasteiger partial charge in [-0.15, -0.1) is 0 Å². The minimum Gasteiger partial charge on any atom is -0.494 e. The van der Waals surface area contributed by atoms with E-state index in [4.69, 9.17) is 4.74 Å². The van der Waals surface area contributed by atoms with Crippen molar-refractivity contribution < 1.29 is 4.74 Å². The summed E-state index contributed by atoms with van der Waals surface area (Å²) >= 11 is 1.85. The molecule has 28 heavy (non-hydrogen) atoms. The Morgan fingerprint density at radius 3 is 2.61 bits per heavy atom. The summed E-state index contributed by atoms with van der Waals surface area (Å²) < 4.78 is 9.61. The van der Waals surface area contributed by atoms with Gasteiger partial charge < -0.3 is 9.64 Å². The zero-order valence-corrected chi connectivity index (χ0v) is 17.7. The van der Waals surface area contributed by atoms with E-state index in [1.54, 1.807) is 0 Å². The second-order valence-electron chi connectivity index (χ2n) is 7.90. The Morgan fingerprint density at radius 2 is 1.82 bits per heavy atom. The number of benzene rings is 2. The van der Waals surface area contributed by atoms with Crippen LogP contribution in [0.25, 0.3) is 26.5 Å². The maximum Gasteiger partial charge on any atom is 0.120 e. The molecule has 1 fully saturated rings. The molecule has 5 heteroatoms. The van der Waals surface area contributed by atoms with Crippen molar-refractivity contribution in [2.24, 2.45) is 0 Å². The predicted molar refractivity (Wildman–Crippen MR) is 119 cm³/mol. The molecule has 1 aliphatic heterocycles. The first-order valence-corrected chi connectivity index (χ1v) is 10.9. The molecule has 4 nitrogen and oxygen atoms in total. The van der Waals surface area contributed by atoms with Gasteiger partial charge in [0, 0.05) is 49.1 Å². The average Bonchev–Trinajstić information content (AvgIpc) is 3.19. The van der Waals surface area contributed by atoms with E-state index < -0.39 is 0 Å². The molecule has 4 aromatic rings. The lowest BCUT2D eigenvalue weighted by Gasteiger charge is -2.32. The molecule has 2 aromatic carbocycles. The van der Waals surface area contributed by atoms with Gasteiger partial charge in [0.15, 0.2) is 0 Å². The predicted octanol–water partition coefficient (Wildman–Crippen LogP) is 4.76. The highest BCUT2D eigenvalue weighted by Gasteiger charge is 2.21. The highest BCUT2D eigenvalue weighted by atomic mass is 32.1. The molecule has 0 radical (unpaired) electrons. The van der Waals surface area contributed by atoms with Gasteiger partial charge >= 0.3 is 0 Å². The van der Waals surface area contributed by atoms with Crippen molar-refractivity contribution >= 4 is 38.0 Å². The van der Waals surface area contributed by atoms with Gasteiger partial charge in [-0.25, -0.2) is 0 Å². The lowest BCUT2D eigenvalue weighted by atomic mass is 10.1. The molecular formula is C23H27N3OS. The van der Waals surface area contributed by atoms with E-state index in [0.29, 0.717) is 6.61 Å². The van der Waals surface area contributed by atoms with Crippen LogP contribution in [-0.2, 0) is 6.54 Å². The van der Waals surface area contributed by atoms with Gasteiger partial charge in [-0.2, -0.15) is 0 Å². The first kappa shape index (κ1) is 18.0. The number of ether oxygens (including phenoxy) is 1. The first-order chi connectivity index (χ1) is 13.6. The molecular weight excluding hydrogens is 366 g/mol. The van der Waals surface area contributed by atoms with Crippen LogP contribution < -0.4 is 4.74 Å². The van der Waals surface area contributed by atoms with Crippen LogP contribution in [0.15, 0.2) is 36.4 Å². The van der Waals surface area contributed by atoms with Gasteiger partial charge in [0.05, 0.1) is 22.3 Å². The van der Waals surface area contributed by atoms with Crippen molar-refractivity contribution in [3.05, 3.63) is 47.5 Å². The van der Waals surface area contributed by atoms with Gasteiger partial charge in [-0.05, 0) is 51.2 Å². The van der Waals surface area contributed by atoms with Crippen molar-refractivity contribution in [1.82, 2.24) is 13.6 Å². The largest absolute Gasteiger partial charge is 0.494 e. The monoisotopic (exact) mass is 393 g/mol. The quantitative estimate of drug-likeness (QED) is 0.498. The third kappa shape index (κ3) is 2.98. The van der Waals surface area contributed by atoms with Crippen molar-refractivity contribution in [2.45, 2.75) is 20.4 Å². The van der Waals surface area contributed by atoms with Gasteiger partial charge in [-0.1, -0.05) is 23.2 Å². The van der Waals surface area contributed by atoms with Crippen LogP contribution in [0.5, 0.6) is 5.75 Å². The van der Waals surface area contributed by atoms with E-state index in [2.05, 4.69) is 64.0 Å². The van der Waals surface area contributed by atoms with Crippen molar-refractivity contribution in [1.29, 1.82) is 0 Å². The summed E-state index contributed by atoms with van der Waals surface area (Å²) in [5.74, 6) is 0.966. The number of hydrogen-bond donors (Lipinski definition) is 0. The van der Waals surface area contributed by atoms with E-state index in [1.165, 1.54) is 37.6 Å². The Balaban J connectivity index is 1.72. The van der Waals surface area contributed by atoms with E-state index >= 15 is 0 Å². The van der Waals surface area contributed by atoms with Crippen LogP contribution in [0.1, 0.15) is 18.1 Å². The molecule has 0 N–H and O–H groups in total. The van der Waals surface area contributed by atoms with Crippen molar-refractivity contribution in [2.75, 3.05) is 39.8 Å². The third-order valence-electron chi connectivity index (χ3n) is 5.87. The van der Waals surface area contributed by atoms with E-state index in [1.807, 2.05) is 18.5 Å². The minimum absolute atomic E-state index is 0.698. The van der Waals surface area contributed by atoms with Gasteiger partial charge in [0.1, 0.15) is 5.75 Å². The zero-order valence-electron chi connectivity index (χ0n) is 16.9. The summed E-state index contributed by atoms with van der Waals surface area (Å²) in [6.45, 7) is 10.5. The molecule has 3 heterocycles. The SMILES string of the molecule is CCOc1ccc2c(c1)c(CN1CCN(C)CC1)c1c3cc(C)ccc3sn21. The van der Waals surface area contributed by atoms with Gasteiger partial charge in [0.2, 0.25) is 0 Å². The normalized spacial score (nSPS) is 16.5. The first-order valence-electron chi connectivity index (χ1n) is 10.1. The summed E-state index contributed by atoms with van der Waals surface area (Å²) in [5, 5.41) is 2.71. The lowest BCUT2D eigenvalue weighted by Crippen LogP contribution is -2.43. The standard InChI is InChI=1S/C23H27N3OS/c1-4-27-17-6-7-21-18(14-17)20(15-25-11-9-24(3)10-12-25)23-19-13-16(2)5-8-22(19)28-26(21)23/h5-8,13-14H,4,9-12,15H2,1-3H3. The highest BCUT2D eigenvalue weighted by Crippen LogP contribution is 2.39. The van der Waals surface area contributed by atoms with E-state index in [-0.39, 0.29) is 0 Å². The Hall–Kier alpha value is -2.08. The third-order valence-corrected chi connectivity index (χ3v) is 6.98. The van der Waals surface area contributed by atoms with E-state index in [0.717, 1.165) is 38.5 Å². The van der Waals surface area contributed by atoms with Gasteiger partial charge in [-0.3, -0.25) is 8.69 Å². The number of hydrogen-bond acceptors (Lipinski definition) is 4. The number of fused-ring (bicyclic) bond motifs is 5. The maximum absolute atomic E-state index is 5.83. The van der Waals surface area contributed by atoms with Crippen LogP contribution in [0.2, 0.25) is 0 Å². The summed E-state index contributed by atoms with van der Waals surface area (Å²) in [6, 6.07) is 13.4. The minimum atomic E-state index is 0.698. The maximum atomic E-state index is 5.83. The fraction of sp³-hybridized carbons (Fsp3) is 0.391. The smallest absolute Gasteiger partial charge is 0.120 e. The number of nitrogens with zero attached hydrogens (tertiary/aromatic N) is 3. The second-order valence-corrected chi connectivity index (χ2v) is 8.89. The Kier molecular flexibility index (Phi) is 4.54. The van der Waals surface area contributed by atoms with Crippen LogP contribution in [0.3, 0.4) is 0 Å². The molecule has 1 aliphatic rings. The second kappa shape index (κ2) is 7.07. The number of aromatic nitrogens is 1. The molecule has 0 bridgehead atoms. The highest BCUT2D eigenvalue weighted by molar-refractivity contribution is 7.14. The lowest BCUT2D eigenvalue weighted by molar-refractivity contribution is 0.149. The van der Waals surface area contributed by atoms with Crippen LogP contribution in [-0.4, -0.2) is 53.4 Å². The van der Waals surface area contributed by atoms with E-state index in [9.17, 15) is 0 Å². The summed E-state index contributed by atoms with van der Waals surface area (Å²) in [6.07, 6.45) is 0. The molecule has 1 saturated heterocycles. The number of likely N-dealkylation sites (N-methyl/N-ethyl adjacent to an activating group) is 1. The molecule has 0 spiro atoms. The zero-order chi connectivity index (χ0) is 19.3. The Morgan fingerprint density at radius 1 is 1.00 bits per heavy atom. The topological polar surface area (TPSA) is 20.1 Å². The average molecular weight is 394 g/mol. The van der Waals surface area contributed by atoms with Gasteiger partial charge in [0.25, 0.3) is 0 Å². The Bertz CT molecular complexity index is 1150. The molecule has 2 aromatic heterocycles. The molecule has 0 unspecified atom stereocenters. The van der Waals surface area contributed by atoms with Crippen LogP contribution in [0, 0.1) is 6.92 Å². The summed E-state index contributed by atoms with van der Waals surface area (Å²) in [5.41, 5.74) is 5.43. The number of piperazine rings is 1. The fourth-order valence-electron chi connectivity index (χ4n) is 4.32. The molecule has 146 valence electrons. The molecule has 0 saturated carbocycles. The van der Waals surface area contributed by atoms with Crippen molar-refractivity contribution in [3.63, 3.8) is 0 Å². The van der Waals surface area contributed by atoms with Crippen LogP contribution >= 0.6 is 11.5 Å². The van der Waals surface area contributed by atoms with Crippen LogP contribution in [0.4, 0.5) is 0 Å². The number of rotatable bonds is 4. The molecule has 5 rings (SSSR count). The Labute approximate surface area is 170 Å². The molecule has 0 amide bonds.